The summed E-state index contributed by atoms with van der Waals surface area (Å²) >= 11 is 1.30. The molecule has 0 aliphatic carbocycles. The lowest BCUT2D eigenvalue weighted by molar-refractivity contribution is -0.118. The van der Waals surface area contributed by atoms with Gasteiger partial charge in [0.15, 0.2) is 6.61 Å². The zero-order valence-corrected chi connectivity index (χ0v) is 17.7. The second kappa shape index (κ2) is 8.71. The molecule has 0 unspecified atom stereocenters. The van der Waals surface area contributed by atoms with Crippen LogP contribution in [0.5, 0.6) is 0 Å². The summed E-state index contributed by atoms with van der Waals surface area (Å²) in [4.78, 5) is 27.4. The maximum Gasteiger partial charge on any atom is 0.338 e. The molecule has 1 aliphatic rings. The molecular formula is C20H17N3O5S2. The van der Waals surface area contributed by atoms with E-state index in [1.165, 1.54) is 43.1 Å². The second-order valence-corrected chi connectivity index (χ2v) is 9.07. The summed E-state index contributed by atoms with van der Waals surface area (Å²) in [6, 6.07) is 14.5. The Labute approximate surface area is 178 Å². The molecule has 1 heterocycles. The summed E-state index contributed by atoms with van der Waals surface area (Å²) in [5.41, 5.74) is 0.873. The van der Waals surface area contributed by atoms with Crippen molar-refractivity contribution < 1.29 is 22.7 Å². The largest absolute Gasteiger partial charge is 0.454 e. The Morgan fingerprint density at radius 1 is 1.17 bits per heavy atom. The summed E-state index contributed by atoms with van der Waals surface area (Å²) < 4.78 is 30.7. The van der Waals surface area contributed by atoms with Gasteiger partial charge in [-0.15, -0.1) is 0 Å². The monoisotopic (exact) mass is 443 g/mol. The van der Waals surface area contributed by atoms with Crippen molar-refractivity contribution in [2.45, 2.75) is 9.79 Å². The van der Waals surface area contributed by atoms with Crippen LogP contribution in [0.25, 0.3) is 0 Å². The van der Waals surface area contributed by atoms with Gasteiger partial charge in [-0.3, -0.25) is 4.79 Å². The van der Waals surface area contributed by atoms with Crippen molar-refractivity contribution >= 4 is 39.2 Å². The van der Waals surface area contributed by atoms with Crippen LogP contribution in [0.3, 0.4) is 0 Å². The molecule has 0 fully saturated rings. The number of nitrogens with one attached hydrogen (secondary N) is 1. The molecule has 1 N–H and O–H groups in total. The van der Waals surface area contributed by atoms with Crippen molar-refractivity contribution in [3.05, 3.63) is 64.7 Å². The van der Waals surface area contributed by atoms with Gasteiger partial charge in [-0.25, -0.2) is 17.9 Å². The Kier molecular flexibility index (Phi) is 6.26. The van der Waals surface area contributed by atoms with Crippen LogP contribution in [-0.4, -0.2) is 40.9 Å². The fourth-order valence-corrected chi connectivity index (χ4v) is 4.62. The van der Waals surface area contributed by atoms with Crippen molar-refractivity contribution in [2.75, 3.05) is 25.6 Å². The molecule has 8 nitrogen and oxygen atoms in total. The van der Waals surface area contributed by atoms with Gasteiger partial charge in [0, 0.05) is 11.9 Å². The maximum atomic E-state index is 12.5. The zero-order chi connectivity index (χ0) is 21.9. The first-order valence-corrected chi connectivity index (χ1v) is 11.0. The van der Waals surface area contributed by atoms with Gasteiger partial charge in [0.1, 0.15) is 16.7 Å². The summed E-state index contributed by atoms with van der Waals surface area (Å²) in [6.45, 7) is -0.605. The van der Waals surface area contributed by atoms with E-state index in [9.17, 15) is 23.3 Å². The molecule has 30 heavy (non-hydrogen) atoms. The number of benzene rings is 2. The van der Waals surface area contributed by atoms with E-state index in [0.29, 0.717) is 5.03 Å². The molecule has 0 radical (unpaired) electrons. The molecular weight excluding hydrogens is 426 g/mol. The highest BCUT2D eigenvalue weighted by Gasteiger charge is 2.28. The van der Waals surface area contributed by atoms with Crippen LogP contribution in [0, 0.1) is 11.3 Å². The lowest BCUT2D eigenvalue weighted by Gasteiger charge is -2.14. The van der Waals surface area contributed by atoms with Crippen LogP contribution in [0.1, 0.15) is 10.4 Å². The number of para-hydroxylation sites is 1. The topological polar surface area (TPSA) is 117 Å². The van der Waals surface area contributed by atoms with Crippen molar-refractivity contribution in [3.8, 4) is 6.07 Å². The third kappa shape index (κ3) is 4.23. The van der Waals surface area contributed by atoms with Crippen LogP contribution in [0.2, 0.25) is 0 Å². The number of rotatable bonds is 6. The van der Waals surface area contributed by atoms with E-state index in [4.69, 9.17) is 4.74 Å². The van der Waals surface area contributed by atoms with E-state index in [2.05, 4.69) is 4.72 Å². The smallest absolute Gasteiger partial charge is 0.338 e. The Hall–Kier alpha value is -3.13. The number of carbonyl (C=O) groups is 2. The van der Waals surface area contributed by atoms with Gasteiger partial charge in [0.2, 0.25) is 15.8 Å². The quantitative estimate of drug-likeness (QED) is 0.411. The van der Waals surface area contributed by atoms with E-state index in [0.717, 1.165) is 10.6 Å². The third-order valence-electron chi connectivity index (χ3n) is 4.35. The molecule has 0 amide bonds. The number of carbonyl (C=O) groups excluding carboxylic acids is 2. The number of nitriles is 1. The molecule has 0 bridgehead atoms. The Balaban J connectivity index is 1.71. The van der Waals surface area contributed by atoms with E-state index < -0.39 is 28.4 Å². The average Bonchev–Trinajstić information content (AvgIpc) is 3.09. The highest BCUT2D eigenvalue weighted by molar-refractivity contribution is 8.03. The molecule has 10 heteroatoms. The number of Topliss-reactive ketones (excluding diaryl/α,β-unsaturated/α-hetero) is 1. The second-order valence-electron chi connectivity index (χ2n) is 6.15. The minimum absolute atomic E-state index is 0.00464. The number of thioether (sulfide) groups is 1. The third-order valence-corrected chi connectivity index (χ3v) is 7.01. The number of esters is 1. The highest BCUT2D eigenvalue weighted by Crippen LogP contribution is 2.46. The van der Waals surface area contributed by atoms with Gasteiger partial charge in [0.05, 0.1) is 16.1 Å². The summed E-state index contributed by atoms with van der Waals surface area (Å²) in [5.74, 6) is -1.42. The van der Waals surface area contributed by atoms with Crippen molar-refractivity contribution in [3.63, 3.8) is 0 Å². The Bertz CT molecular complexity index is 1180. The SMILES string of the molecule is CNS(=O)(=O)c1ccc(C(=O)OCC(=O)/C(C#N)=C2/Sc3ccccc3N2C)cc1. The summed E-state index contributed by atoms with van der Waals surface area (Å²) in [5, 5.41) is 9.97. The standard InChI is InChI=1S/C20H17N3O5S2/c1-22-30(26,27)14-9-7-13(8-10-14)20(25)28-12-17(24)15(11-21)19-23(2)16-5-3-4-6-18(16)29-19/h3-10,22H,12H2,1-2H3/b19-15+. The van der Waals surface area contributed by atoms with Gasteiger partial charge in [-0.2, -0.15) is 5.26 Å². The van der Waals surface area contributed by atoms with Crippen LogP contribution >= 0.6 is 11.8 Å². The molecule has 0 saturated heterocycles. The van der Waals surface area contributed by atoms with E-state index >= 15 is 0 Å². The number of sulfonamides is 1. The molecule has 0 spiro atoms. The van der Waals surface area contributed by atoms with Crippen molar-refractivity contribution in [2.24, 2.45) is 0 Å². The fourth-order valence-electron chi connectivity index (χ4n) is 2.73. The maximum absolute atomic E-state index is 12.5. The minimum atomic E-state index is -3.62. The molecule has 0 aromatic heterocycles. The number of anilines is 1. The molecule has 154 valence electrons. The Morgan fingerprint density at radius 3 is 2.43 bits per heavy atom. The number of ether oxygens (including phenoxy) is 1. The lowest BCUT2D eigenvalue weighted by Crippen LogP contribution is -2.20. The van der Waals surface area contributed by atoms with Crippen molar-refractivity contribution in [1.82, 2.24) is 4.72 Å². The van der Waals surface area contributed by atoms with Crippen LogP contribution < -0.4 is 9.62 Å². The number of hydrogen-bond donors (Lipinski definition) is 1. The number of fused-ring (bicyclic) bond motifs is 1. The summed E-state index contributed by atoms with van der Waals surface area (Å²) in [6.07, 6.45) is 0. The van der Waals surface area contributed by atoms with Crippen LogP contribution in [0.15, 0.2) is 68.9 Å². The van der Waals surface area contributed by atoms with E-state index in [-0.39, 0.29) is 16.0 Å². The highest BCUT2D eigenvalue weighted by atomic mass is 32.2. The molecule has 0 atom stereocenters. The van der Waals surface area contributed by atoms with Gasteiger partial charge in [-0.1, -0.05) is 23.9 Å². The van der Waals surface area contributed by atoms with Gasteiger partial charge in [0.25, 0.3) is 0 Å². The Morgan fingerprint density at radius 2 is 1.83 bits per heavy atom. The zero-order valence-electron chi connectivity index (χ0n) is 16.1. The first-order valence-electron chi connectivity index (χ1n) is 8.67. The molecule has 3 rings (SSSR count). The van der Waals surface area contributed by atoms with Crippen molar-refractivity contribution in [1.29, 1.82) is 5.26 Å². The average molecular weight is 444 g/mol. The van der Waals surface area contributed by atoms with E-state index in [1.807, 2.05) is 30.3 Å². The molecule has 2 aromatic rings. The lowest BCUT2D eigenvalue weighted by atomic mass is 10.2. The predicted octanol–water partition coefficient (Wildman–Crippen LogP) is 2.30. The first-order chi connectivity index (χ1) is 14.3. The molecule has 1 aliphatic heterocycles. The van der Waals surface area contributed by atoms with Gasteiger partial charge < -0.3 is 9.64 Å². The molecule has 0 saturated carbocycles. The fraction of sp³-hybridized carbons (Fsp3) is 0.150. The number of hydrogen-bond acceptors (Lipinski definition) is 8. The van der Waals surface area contributed by atoms with Gasteiger partial charge >= 0.3 is 5.97 Å². The van der Waals surface area contributed by atoms with E-state index in [1.54, 1.807) is 11.9 Å². The number of nitrogens with zero attached hydrogens (tertiary/aromatic N) is 2. The van der Waals surface area contributed by atoms with Crippen LogP contribution in [0.4, 0.5) is 5.69 Å². The molecule has 2 aromatic carbocycles. The minimum Gasteiger partial charge on any atom is -0.454 e. The predicted molar refractivity (Wildman–Crippen MR) is 111 cm³/mol. The van der Waals surface area contributed by atoms with Gasteiger partial charge in [-0.05, 0) is 43.4 Å². The first kappa shape index (κ1) is 21.6. The summed E-state index contributed by atoms with van der Waals surface area (Å²) in [7, 11) is -0.587. The normalized spacial score (nSPS) is 14.6. The number of ketones is 1. The van der Waals surface area contributed by atoms with Crippen LogP contribution in [-0.2, 0) is 19.6 Å².